The quantitative estimate of drug-likeness (QED) is 0.643. The van der Waals surface area contributed by atoms with E-state index in [0.29, 0.717) is 6.04 Å². The first-order valence-corrected chi connectivity index (χ1v) is 5.44. The van der Waals surface area contributed by atoms with Crippen molar-refractivity contribution in [1.29, 1.82) is 0 Å². The number of carboxylic acid groups (broad SMARTS) is 2. The smallest absolute Gasteiger partial charge is 0.303 e. The van der Waals surface area contributed by atoms with Crippen LogP contribution in [0.15, 0.2) is 0 Å². The molecular weight excluding hydrogens is 224 g/mol. The van der Waals surface area contributed by atoms with Crippen molar-refractivity contribution in [2.24, 2.45) is 0 Å². The molecule has 6 nitrogen and oxygen atoms in total. The largest absolute Gasteiger partial charge is 0.550 e. The van der Waals surface area contributed by atoms with E-state index in [1.165, 1.54) is 12.4 Å². The molecule has 0 saturated heterocycles. The van der Waals surface area contributed by atoms with Gasteiger partial charge in [0.25, 0.3) is 0 Å². The highest BCUT2D eigenvalue weighted by molar-refractivity contribution is 5.75. The Bertz CT molecular complexity index is 295. The molecule has 1 unspecified atom stereocenters. The van der Waals surface area contributed by atoms with Crippen molar-refractivity contribution >= 4 is 17.8 Å². The molecule has 0 fully saturated rings. The number of carbonyl (C=O) groups is 2. The zero-order valence-corrected chi connectivity index (χ0v) is 10.8. The highest BCUT2D eigenvalue weighted by atomic mass is 16.4. The van der Waals surface area contributed by atoms with Crippen LogP contribution in [-0.4, -0.2) is 59.0 Å². The Kier molecular flexibility index (Phi) is 6.23. The average molecular weight is 244 g/mol. The SMILES string of the molecule is CC1=[N+](C)C(C)CN1C.O=C([O-])CCC(=O)O. The fourth-order valence-electron chi connectivity index (χ4n) is 1.45. The summed E-state index contributed by atoms with van der Waals surface area (Å²) >= 11 is 0. The molecular formula is C11H20N2O4. The van der Waals surface area contributed by atoms with Crippen LogP contribution in [0.5, 0.6) is 0 Å². The average Bonchev–Trinajstić information content (AvgIpc) is 2.44. The monoisotopic (exact) mass is 244 g/mol. The predicted molar refractivity (Wildman–Crippen MR) is 60.8 cm³/mol. The Labute approximate surface area is 101 Å². The summed E-state index contributed by atoms with van der Waals surface area (Å²) < 4.78 is 2.31. The maximum atomic E-state index is 9.61. The first-order chi connectivity index (χ1) is 7.75. The highest BCUT2D eigenvalue weighted by Crippen LogP contribution is 2.02. The van der Waals surface area contributed by atoms with E-state index in [2.05, 4.69) is 37.4 Å². The number of carbonyl (C=O) groups excluding carboxylic acids is 1. The van der Waals surface area contributed by atoms with Gasteiger partial charge in [0, 0.05) is 12.9 Å². The van der Waals surface area contributed by atoms with Gasteiger partial charge in [0.1, 0.15) is 12.6 Å². The minimum absolute atomic E-state index is 0.359. The van der Waals surface area contributed by atoms with Gasteiger partial charge in [-0.25, -0.2) is 0 Å². The number of hydrogen-bond donors (Lipinski definition) is 1. The number of hydrogen-bond acceptors (Lipinski definition) is 4. The number of aliphatic carboxylic acids is 2. The molecule has 0 saturated carbocycles. The van der Waals surface area contributed by atoms with E-state index >= 15 is 0 Å². The van der Waals surface area contributed by atoms with E-state index in [1.54, 1.807) is 0 Å². The Hall–Kier alpha value is -1.59. The molecule has 0 radical (unpaired) electrons. The fraction of sp³-hybridized carbons (Fsp3) is 0.727. The van der Waals surface area contributed by atoms with Crippen molar-refractivity contribution in [1.82, 2.24) is 4.90 Å². The molecule has 0 amide bonds. The highest BCUT2D eigenvalue weighted by Gasteiger charge is 2.26. The van der Waals surface area contributed by atoms with E-state index in [-0.39, 0.29) is 6.42 Å². The summed E-state index contributed by atoms with van der Waals surface area (Å²) in [6.45, 7) is 5.57. The van der Waals surface area contributed by atoms with Crippen molar-refractivity contribution in [2.75, 3.05) is 20.6 Å². The van der Waals surface area contributed by atoms with Gasteiger partial charge < -0.3 is 15.0 Å². The van der Waals surface area contributed by atoms with Gasteiger partial charge in [0.05, 0.1) is 20.5 Å². The van der Waals surface area contributed by atoms with Gasteiger partial charge in [-0.1, -0.05) is 0 Å². The van der Waals surface area contributed by atoms with Crippen LogP contribution in [0.3, 0.4) is 0 Å². The van der Waals surface area contributed by atoms with Crippen molar-refractivity contribution in [3.63, 3.8) is 0 Å². The van der Waals surface area contributed by atoms with Crippen LogP contribution in [0.4, 0.5) is 0 Å². The van der Waals surface area contributed by atoms with Gasteiger partial charge in [0.15, 0.2) is 0 Å². The van der Waals surface area contributed by atoms with Gasteiger partial charge in [0.2, 0.25) is 5.84 Å². The number of rotatable bonds is 3. The van der Waals surface area contributed by atoms with Gasteiger partial charge in [-0.2, -0.15) is 0 Å². The summed E-state index contributed by atoms with van der Waals surface area (Å²) in [5.74, 6) is -1.07. The zero-order valence-electron chi connectivity index (χ0n) is 10.8. The summed E-state index contributed by atoms with van der Waals surface area (Å²) in [4.78, 5) is 21.4. The molecule has 17 heavy (non-hydrogen) atoms. The minimum Gasteiger partial charge on any atom is -0.550 e. The van der Waals surface area contributed by atoms with Crippen molar-refractivity contribution in [3.8, 4) is 0 Å². The number of amidine groups is 1. The molecule has 0 spiro atoms. The van der Waals surface area contributed by atoms with Crippen LogP contribution in [0, 0.1) is 0 Å². The standard InChI is InChI=1S/C7H15N2.C4H6O4/c1-6-5-8(3)7(2)9(6)4;5-3(6)1-2-4(7)8/h6H,5H2,1-4H3;1-2H2,(H,5,6)(H,7,8)/q+1;/p-1. The minimum atomic E-state index is -1.33. The second kappa shape index (κ2) is 6.88. The molecule has 6 heteroatoms. The van der Waals surface area contributed by atoms with Crippen molar-refractivity contribution in [3.05, 3.63) is 0 Å². The van der Waals surface area contributed by atoms with Crippen LogP contribution >= 0.6 is 0 Å². The molecule has 0 bridgehead atoms. The Balaban J connectivity index is 0.000000304. The van der Waals surface area contributed by atoms with Gasteiger partial charge >= 0.3 is 5.97 Å². The van der Waals surface area contributed by atoms with Crippen LogP contribution in [-0.2, 0) is 9.59 Å². The molecule has 0 aromatic rings. The predicted octanol–water partition coefficient (Wildman–Crippen LogP) is -1.02. The van der Waals surface area contributed by atoms with E-state index in [0.717, 1.165) is 0 Å². The number of nitrogens with zero attached hydrogens (tertiary/aromatic N) is 2. The van der Waals surface area contributed by atoms with Crippen LogP contribution < -0.4 is 5.11 Å². The number of likely N-dealkylation sites (N-methyl/N-ethyl adjacent to an activating group) is 2. The molecule has 1 N–H and O–H groups in total. The van der Waals surface area contributed by atoms with E-state index < -0.39 is 18.4 Å². The topological polar surface area (TPSA) is 83.7 Å². The third-order valence-electron chi connectivity index (χ3n) is 2.81. The summed E-state index contributed by atoms with van der Waals surface area (Å²) in [5.41, 5.74) is 0. The normalized spacial score (nSPS) is 18.8. The molecule has 0 aromatic heterocycles. The fourth-order valence-corrected chi connectivity index (χ4v) is 1.45. The molecule has 1 aliphatic rings. The van der Waals surface area contributed by atoms with Gasteiger partial charge in [-0.15, -0.1) is 0 Å². The second-order valence-electron chi connectivity index (χ2n) is 4.15. The lowest BCUT2D eigenvalue weighted by atomic mass is 10.3. The Morgan fingerprint density at radius 1 is 1.53 bits per heavy atom. The molecule has 1 aliphatic heterocycles. The molecule has 98 valence electrons. The lowest BCUT2D eigenvalue weighted by molar-refractivity contribution is -0.523. The third-order valence-corrected chi connectivity index (χ3v) is 2.81. The molecule has 1 heterocycles. The molecule has 0 aromatic carbocycles. The third kappa shape index (κ3) is 5.89. The Morgan fingerprint density at radius 3 is 2.18 bits per heavy atom. The lowest BCUT2D eigenvalue weighted by Gasteiger charge is -1.99. The zero-order chi connectivity index (χ0) is 13.6. The van der Waals surface area contributed by atoms with Crippen LogP contribution in [0.25, 0.3) is 0 Å². The van der Waals surface area contributed by atoms with Crippen molar-refractivity contribution in [2.45, 2.75) is 32.7 Å². The summed E-state index contributed by atoms with van der Waals surface area (Å²) in [6.07, 6.45) is -0.766. The van der Waals surface area contributed by atoms with Crippen LogP contribution in [0.1, 0.15) is 26.7 Å². The van der Waals surface area contributed by atoms with E-state index in [9.17, 15) is 14.7 Å². The first kappa shape index (κ1) is 15.4. The van der Waals surface area contributed by atoms with Crippen LogP contribution in [0.2, 0.25) is 0 Å². The first-order valence-electron chi connectivity index (χ1n) is 5.44. The van der Waals surface area contributed by atoms with E-state index in [1.807, 2.05) is 0 Å². The molecule has 1 rings (SSSR count). The maximum absolute atomic E-state index is 9.61. The summed E-state index contributed by atoms with van der Waals surface area (Å²) in [5, 5.41) is 17.4. The van der Waals surface area contributed by atoms with Gasteiger partial charge in [-0.05, 0) is 13.3 Å². The van der Waals surface area contributed by atoms with Crippen molar-refractivity contribution < 1.29 is 24.4 Å². The molecule has 0 aliphatic carbocycles. The Morgan fingerprint density at radius 2 is 2.06 bits per heavy atom. The van der Waals surface area contributed by atoms with Gasteiger partial charge in [-0.3, -0.25) is 14.3 Å². The number of carboxylic acids is 2. The maximum Gasteiger partial charge on any atom is 0.303 e. The second-order valence-corrected chi connectivity index (χ2v) is 4.15. The van der Waals surface area contributed by atoms with E-state index in [4.69, 9.17) is 5.11 Å². The molecule has 1 atom stereocenters. The lowest BCUT2D eigenvalue weighted by Crippen LogP contribution is -2.22. The summed E-state index contributed by atoms with van der Waals surface area (Å²) in [6, 6.07) is 0.690. The summed E-state index contributed by atoms with van der Waals surface area (Å²) in [7, 11) is 4.28.